The van der Waals surface area contributed by atoms with Crippen molar-refractivity contribution in [1.29, 1.82) is 0 Å². The van der Waals surface area contributed by atoms with E-state index in [-0.39, 0.29) is 29.7 Å². The van der Waals surface area contributed by atoms with Crippen LogP contribution >= 0.6 is 0 Å². The predicted molar refractivity (Wildman–Crippen MR) is 87.3 cm³/mol. The van der Waals surface area contributed by atoms with Crippen molar-refractivity contribution in [3.05, 3.63) is 41.5 Å². The van der Waals surface area contributed by atoms with E-state index in [9.17, 15) is 26.0 Å². The number of nitrogens with one attached hydrogen (secondary N) is 1. The van der Waals surface area contributed by atoms with E-state index in [0.717, 1.165) is 25.0 Å². The molecule has 1 aliphatic carbocycles. The summed E-state index contributed by atoms with van der Waals surface area (Å²) in [5.41, 5.74) is -0.554. The first kappa shape index (κ1) is 19.6. The lowest BCUT2D eigenvalue weighted by Crippen LogP contribution is -2.28. The molecule has 0 aliphatic heterocycles. The van der Waals surface area contributed by atoms with Crippen molar-refractivity contribution < 1.29 is 30.7 Å². The van der Waals surface area contributed by atoms with Crippen LogP contribution in [-0.4, -0.2) is 31.9 Å². The van der Waals surface area contributed by atoms with E-state index in [1.54, 1.807) is 0 Å². The number of rotatable bonds is 7. The Morgan fingerprint density at radius 1 is 1.30 bits per heavy atom. The molecular weight excluding hydrogens is 390 g/mol. The third-order valence-corrected chi connectivity index (χ3v) is 5.61. The lowest BCUT2D eigenvalue weighted by atomic mass is 10.2. The highest BCUT2D eigenvalue weighted by atomic mass is 32.2. The van der Waals surface area contributed by atoms with Gasteiger partial charge in [-0.1, -0.05) is 0 Å². The van der Waals surface area contributed by atoms with Crippen LogP contribution in [-0.2, 0) is 22.7 Å². The third kappa shape index (κ3) is 4.41. The first-order chi connectivity index (χ1) is 12.6. The molecule has 3 rings (SSSR count). The van der Waals surface area contributed by atoms with Crippen LogP contribution in [0, 0.1) is 5.82 Å². The van der Waals surface area contributed by atoms with Crippen LogP contribution in [0.2, 0.25) is 0 Å². The van der Waals surface area contributed by atoms with E-state index >= 15 is 0 Å². The minimum atomic E-state index is -4.56. The number of hydrogen-bond donors (Lipinski definition) is 1. The Balaban J connectivity index is 1.70. The Labute approximate surface area is 153 Å². The molecular formula is C16H17F4N3O3S. The number of sulfonamides is 1. The summed E-state index contributed by atoms with van der Waals surface area (Å²) < 4.78 is 84.9. The molecule has 0 radical (unpaired) electrons. The zero-order valence-corrected chi connectivity index (χ0v) is 15.1. The second kappa shape index (κ2) is 7.12. The summed E-state index contributed by atoms with van der Waals surface area (Å²) >= 11 is 0. The fourth-order valence-corrected chi connectivity index (χ4v) is 3.67. The lowest BCUT2D eigenvalue weighted by Gasteiger charge is -2.10. The molecule has 1 aromatic carbocycles. The molecule has 0 unspecified atom stereocenters. The molecule has 11 heteroatoms. The summed E-state index contributed by atoms with van der Waals surface area (Å²) in [4.78, 5) is -0.306. The van der Waals surface area contributed by atoms with E-state index < -0.39 is 27.7 Å². The molecule has 0 atom stereocenters. The first-order valence-electron chi connectivity index (χ1n) is 8.10. The predicted octanol–water partition coefficient (Wildman–Crippen LogP) is 2.91. The van der Waals surface area contributed by atoms with E-state index in [2.05, 4.69) is 9.82 Å². The Hall–Kier alpha value is -2.14. The number of alkyl halides is 3. The normalized spacial score (nSPS) is 15.1. The fraction of sp³-hybridized carbons (Fsp3) is 0.438. The molecule has 0 bridgehead atoms. The zero-order chi connectivity index (χ0) is 19.8. The number of benzene rings is 1. The molecule has 0 amide bonds. The Bertz CT molecular complexity index is 937. The molecule has 2 aromatic rings. The molecule has 1 heterocycles. The number of ether oxygens (including phenoxy) is 1. The maximum absolute atomic E-state index is 13.7. The molecule has 1 saturated carbocycles. The first-order valence-corrected chi connectivity index (χ1v) is 9.58. The van der Waals surface area contributed by atoms with Gasteiger partial charge in [-0.25, -0.2) is 17.5 Å². The fourth-order valence-electron chi connectivity index (χ4n) is 2.64. The number of halogens is 4. The molecule has 1 aliphatic rings. The van der Waals surface area contributed by atoms with Crippen molar-refractivity contribution in [1.82, 2.24) is 14.5 Å². The van der Waals surface area contributed by atoms with Crippen molar-refractivity contribution >= 4 is 10.0 Å². The maximum Gasteiger partial charge on any atom is 0.435 e. The second-order valence-electron chi connectivity index (χ2n) is 6.14. The van der Waals surface area contributed by atoms with Crippen molar-refractivity contribution in [2.45, 2.75) is 36.4 Å². The highest BCUT2D eigenvalue weighted by Crippen LogP contribution is 2.42. The summed E-state index contributed by atoms with van der Waals surface area (Å²) in [6, 6.07) is 4.17. The Morgan fingerprint density at radius 2 is 2.00 bits per heavy atom. The van der Waals surface area contributed by atoms with Crippen LogP contribution in [0.25, 0.3) is 0 Å². The van der Waals surface area contributed by atoms with Gasteiger partial charge < -0.3 is 4.74 Å². The van der Waals surface area contributed by atoms with Crippen LogP contribution in [0.15, 0.2) is 29.2 Å². The molecule has 6 nitrogen and oxygen atoms in total. The van der Waals surface area contributed by atoms with E-state index in [0.29, 0.717) is 5.69 Å². The van der Waals surface area contributed by atoms with Gasteiger partial charge in [-0.15, -0.1) is 0 Å². The molecule has 148 valence electrons. The smallest absolute Gasteiger partial charge is 0.435 e. The van der Waals surface area contributed by atoms with Crippen LogP contribution in [0.4, 0.5) is 17.6 Å². The monoisotopic (exact) mass is 407 g/mol. The SMILES string of the molecule is COc1ccc(S(=O)(=O)NCCn2nc(C(F)(F)F)cc2C2CC2)cc1F. The Kier molecular flexibility index (Phi) is 5.17. The van der Waals surface area contributed by atoms with Gasteiger partial charge in [0.15, 0.2) is 17.3 Å². The van der Waals surface area contributed by atoms with Crippen molar-refractivity contribution in [2.75, 3.05) is 13.7 Å². The van der Waals surface area contributed by atoms with Gasteiger partial charge in [0.1, 0.15) is 0 Å². The highest BCUT2D eigenvalue weighted by Gasteiger charge is 2.37. The topological polar surface area (TPSA) is 73.2 Å². The number of nitrogens with zero attached hydrogens (tertiary/aromatic N) is 2. The number of hydrogen-bond acceptors (Lipinski definition) is 4. The van der Waals surface area contributed by atoms with Gasteiger partial charge in [-0.05, 0) is 37.1 Å². The van der Waals surface area contributed by atoms with Gasteiger partial charge in [-0.3, -0.25) is 4.68 Å². The molecule has 1 aromatic heterocycles. The van der Waals surface area contributed by atoms with Crippen LogP contribution in [0.3, 0.4) is 0 Å². The third-order valence-electron chi connectivity index (χ3n) is 4.15. The quantitative estimate of drug-likeness (QED) is 0.717. The van der Waals surface area contributed by atoms with Gasteiger partial charge in [0.05, 0.1) is 18.6 Å². The van der Waals surface area contributed by atoms with Crippen LogP contribution < -0.4 is 9.46 Å². The number of methoxy groups -OCH3 is 1. The second-order valence-corrected chi connectivity index (χ2v) is 7.91. The van der Waals surface area contributed by atoms with E-state index in [4.69, 9.17) is 4.74 Å². The average molecular weight is 407 g/mol. The van der Waals surface area contributed by atoms with Crippen molar-refractivity contribution in [2.24, 2.45) is 0 Å². The minimum absolute atomic E-state index is 0.0147. The standard InChI is InChI=1S/C16H17F4N3O3S/c1-26-14-5-4-11(8-12(14)17)27(24,25)21-6-7-23-13(10-2-3-10)9-15(22-23)16(18,19)20/h4-5,8-10,21H,2-3,6-7H2,1H3. The van der Waals surface area contributed by atoms with Gasteiger partial charge in [0, 0.05) is 18.2 Å². The summed E-state index contributed by atoms with van der Waals surface area (Å²) in [5.74, 6) is -0.918. The largest absolute Gasteiger partial charge is 0.494 e. The van der Waals surface area contributed by atoms with Gasteiger partial charge in [0.2, 0.25) is 10.0 Å². The molecule has 0 saturated heterocycles. The minimum Gasteiger partial charge on any atom is -0.494 e. The van der Waals surface area contributed by atoms with Gasteiger partial charge in [-0.2, -0.15) is 18.3 Å². The van der Waals surface area contributed by atoms with Gasteiger partial charge >= 0.3 is 6.18 Å². The van der Waals surface area contributed by atoms with Crippen molar-refractivity contribution in [3.8, 4) is 5.75 Å². The summed E-state index contributed by atoms with van der Waals surface area (Å²) in [6.45, 7) is -0.255. The number of aromatic nitrogens is 2. The van der Waals surface area contributed by atoms with Crippen LogP contribution in [0.5, 0.6) is 5.75 Å². The molecule has 27 heavy (non-hydrogen) atoms. The molecule has 1 N–H and O–H groups in total. The zero-order valence-electron chi connectivity index (χ0n) is 14.3. The van der Waals surface area contributed by atoms with Crippen LogP contribution in [0.1, 0.15) is 30.1 Å². The van der Waals surface area contributed by atoms with E-state index in [1.165, 1.54) is 23.9 Å². The summed E-state index contributed by atoms with van der Waals surface area (Å²) in [5, 5.41) is 3.55. The van der Waals surface area contributed by atoms with E-state index in [1.807, 2.05) is 0 Å². The lowest BCUT2D eigenvalue weighted by molar-refractivity contribution is -0.141. The summed E-state index contributed by atoms with van der Waals surface area (Å²) in [7, 11) is -2.77. The summed E-state index contributed by atoms with van der Waals surface area (Å²) in [6.07, 6.45) is -3.01. The van der Waals surface area contributed by atoms with Crippen molar-refractivity contribution in [3.63, 3.8) is 0 Å². The highest BCUT2D eigenvalue weighted by molar-refractivity contribution is 7.89. The maximum atomic E-state index is 13.7. The average Bonchev–Trinajstić information content (AvgIpc) is 3.33. The van der Waals surface area contributed by atoms with Gasteiger partial charge in [0.25, 0.3) is 0 Å². The molecule has 1 fully saturated rings. The Morgan fingerprint density at radius 3 is 2.56 bits per heavy atom. The molecule has 0 spiro atoms.